The Kier molecular flexibility index (Phi) is 4.30. The first kappa shape index (κ1) is 16.5. The number of fused-ring (bicyclic) bond motifs is 2. The lowest BCUT2D eigenvalue weighted by Gasteiger charge is -2.33. The summed E-state index contributed by atoms with van der Waals surface area (Å²) >= 11 is 3.69. The average molecular weight is 386 g/mol. The number of likely N-dealkylation sites (N-methyl/N-ethyl adjacent to an activating group) is 1. The van der Waals surface area contributed by atoms with E-state index >= 15 is 0 Å². The Balaban J connectivity index is 1.34. The van der Waals surface area contributed by atoms with Crippen molar-refractivity contribution in [2.45, 2.75) is 19.9 Å². The van der Waals surface area contributed by atoms with Gasteiger partial charge in [0, 0.05) is 44.0 Å². The molecule has 1 saturated heterocycles. The molecule has 26 heavy (non-hydrogen) atoms. The van der Waals surface area contributed by atoms with Gasteiger partial charge in [-0.1, -0.05) is 41.7 Å². The molecule has 7 heteroatoms. The maximum atomic E-state index is 4.98. The molecule has 5 nitrogen and oxygen atoms in total. The number of nitrogens with zero attached hydrogens (tertiary/aromatic N) is 5. The summed E-state index contributed by atoms with van der Waals surface area (Å²) in [5.74, 6) is 0. The molecule has 0 unspecified atom stereocenters. The van der Waals surface area contributed by atoms with Crippen molar-refractivity contribution in [3.05, 3.63) is 34.8 Å². The van der Waals surface area contributed by atoms with Gasteiger partial charge in [0.05, 0.1) is 22.5 Å². The second kappa shape index (κ2) is 6.79. The first-order valence-corrected chi connectivity index (χ1v) is 11.0. The van der Waals surface area contributed by atoms with E-state index in [1.54, 1.807) is 11.3 Å². The lowest BCUT2D eigenvalue weighted by molar-refractivity contribution is 0.271. The van der Waals surface area contributed by atoms with Gasteiger partial charge >= 0.3 is 0 Å². The highest BCUT2D eigenvalue weighted by Crippen LogP contribution is 2.35. The molecule has 1 fully saturated rings. The minimum absolute atomic E-state index is 0.946. The number of anilines is 2. The van der Waals surface area contributed by atoms with Crippen LogP contribution < -0.4 is 9.80 Å². The first-order valence-electron chi connectivity index (χ1n) is 9.36. The maximum absolute atomic E-state index is 4.98. The molecule has 1 aromatic carbocycles. The third-order valence-corrected chi connectivity index (χ3v) is 7.60. The van der Waals surface area contributed by atoms with Crippen LogP contribution in [0.5, 0.6) is 0 Å². The summed E-state index contributed by atoms with van der Waals surface area (Å²) in [7, 11) is 0. The Morgan fingerprint density at radius 3 is 2.54 bits per heavy atom. The van der Waals surface area contributed by atoms with Crippen LogP contribution in [-0.4, -0.2) is 54.1 Å². The highest BCUT2D eigenvalue weighted by atomic mass is 32.1. The van der Waals surface area contributed by atoms with E-state index in [2.05, 4.69) is 45.9 Å². The van der Waals surface area contributed by atoms with Gasteiger partial charge in [-0.05, 0) is 18.7 Å². The van der Waals surface area contributed by atoms with E-state index in [9.17, 15) is 0 Å². The van der Waals surface area contributed by atoms with Gasteiger partial charge < -0.3 is 14.7 Å². The van der Waals surface area contributed by atoms with Crippen molar-refractivity contribution in [2.75, 3.05) is 49.1 Å². The topological polar surface area (TPSA) is 35.5 Å². The second-order valence-electron chi connectivity index (χ2n) is 6.92. The van der Waals surface area contributed by atoms with Crippen molar-refractivity contribution in [3.63, 3.8) is 0 Å². The molecule has 0 aliphatic carbocycles. The number of hydrogen-bond acceptors (Lipinski definition) is 7. The third-order valence-electron chi connectivity index (χ3n) is 5.36. The fraction of sp³-hybridized carbons (Fsp3) is 0.474. The third kappa shape index (κ3) is 2.98. The molecule has 0 amide bonds. The summed E-state index contributed by atoms with van der Waals surface area (Å²) in [4.78, 5) is 18.6. The minimum atomic E-state index is 0.946. The van der Waals surface area contributed by atoms with Gasteiger partial charge in [-0.2, -0.15) is 0 Å². The van der Waals surface area contributed by atoms with Crippen molar-refractivity contribution < 1.29 is 0 Å². The summed E-state index contributed by atoms with van der Waals surface area (Å²) in [5, 5.41) is 2.36. The van der Waals surface area contributed by atoms with E-state index in [4.69, 9.17) is 9.97 Å². The van der Waals surface area contributed by atoms with Crippen molar-refractivity contribution >= 4 is 43.2 Å². The van der Waals surface area contributed by atoms with E-state index in [-0.39, 0.29) is 0 Å². The SMILES string of the molecule is CCN1CCN(c2nc3c(s2)CN(c2nc4ccccc4s2)CC3)CC1. The molecule has 0 atom stereocenters. The monoisotopic (exact) mass is 385 g/mol. The number of piperazine rings is 1. The van der Waals surface area contributed by atoms with Gasteiger partial charge in [-0.25, -0.2) is 9.97 Å². The number of benzene rings is 1. The van der Waals surface area contributed by atoms with Crippen molar-refractivity contribution in [2.24, 2.45) is 0 Å². The van der Waals surface area contributed by atoms with Crippen LogP contribution in [0.3, 0.4) is 0 Å². The maximum Gasteiger partial charge on any atom is 0.186 e. The fourth-order valence-corrected chi connectivity index (χ4v) is 5.90. The molecule has 0 bridgehead atoms. The predicted molar refractivity (Wildman–Crippen MR) is 111 cm³/mol. The second-order valence-corrected chi connectivity index (χ2v) is 8.99. The number of aromatic nitrogens is 2. The molecule has 0 saturated carbocycles. The molecular weight excluding hydrogens is 362 g/mol. The van der Waals surface area contributed by atoms with Crippen LogP contribution in [0.15, 0.2) is 24.3 Å². The minimum Gasteiger partial charge on any atom is -0.346 e. The molecular formula is C19H23N5S2. The molecule has 2 aliphatic rings. The quantitative estimate of drug-likeness (QED) is 0.690. The van der Waals surface area contributed by atoms with Crippen LogP contribution in [0.1, 0.15) is 17.5 Å². The van der Waals surface area contributed by atoms with E-state index in [1.807, 2.05) is 11.3 Å². The number of para-hydroxylation sites is 1. The molecule has 2 aliphatic heterocycles. The highest BCUT2D eigenvalue weighted by molar-refractivity contribution is 7.22. The number of hydrogen-bond donors (Lipinski definition) is 0. The molecule has 2 aromatic heterocycles. The Morgan fingerprint density at radius 1 is 0.923 bits per heavy atom. The zero-order chi connectivity index (χ0) is 17.5. The summed E-state index contributed by atoms with van der Waals surface area (Å²) < 4.78 is 1.27. The van der Waals surface area contributed by atoms with Gasteiger partial charge in [0.15, 0.2) is 10.3 Å². The first-order chi connectivity index (χ1) is 12.8. The van der Waals surface area contributed by atoms with Crippen LogP contribution >= 0.6 is 22.7 Å². The summed E-state index contributed by atoms with van der Waals surface area (Å²) in [5.41, 5.74) is 2.41. The van der Waals surface area contributed by atoms with Gasteiger partial charge in [-0.3, -0.25) is 0 Å². The predicted octanol–water partition coefficient (Wildman–Crippen LogP) is 3.46. The summed E-state index contributed by atoms with van der Waals surface area (Å²) in [6, 6.07) is 8.42. The van der Waals surface area contributed by atoms with Gasteiger partial charge in [0.1, 0.15) is 0 Å². The van der Waals surface area contributed by atoms with E-state index < -0.39 is 0 Å². The van der Waals surface area contributed by atoms with Crippen LogP contribution in [0.4, 0.5) is 10.3 Å². The van der Waals surface area contributed by atoms with E-state index in [0.717, 1.165) is 62.9 Å². The largest absolute Gasteiger partial charge is 0.346 e. The molecule has 5 rings (SSSR count). The Hall–Kier alpha value is -1.70. The van der Waals surface area contributed by atoms with Crippen molar-refractivity contribution in [1.82, 2.24) is 14.9 Å². The molecule has 0 radical (unpaired) electrons. The fourth-order valence-electron chi connectivity index (χ4n) is 3.73. The Bertz CT molecular complexity index is 877. The normalized spacial score (nSPS) is 18.5. The zero-order valence-electron chi connectivity index (χ0n) is 15.0. The summed E-state index contributed by atoms with van der Waals surface area (Å²) in [6.45, 7) is 9.86. The molecule has 0 spiro atoms. The van der Waals surface area contributed by atoms with Crippen molar-refractivity contribution in [1.29, 1.82) is 0 Å². The average Bonchev–Trinajstić information content (AvgIpc) is 3.31. The number of thiazole rings is 2. The van der Waals surface area contributed by atoms with Crippen molar-refractivity contribution in [3.8, 4) is 0 Å². The Morgan fingerprint density at radius 2 is 1.73 bits per heavy atom. The van der Waals surface area contributed by atoms with Gasteiger partial charge in [0.2, 0.25) is 0 Å². The van der Waals surface area contributed by atoms with Gasteiger partial charge in [-0.15, -0.1) is 0 Å². The lowest BCUT2D eigenvalue weighted by Crippen LogP contribution is -2.46. The van der Waals surface area contributed by atoms with Gasteiger partial charge in [0.25, 0.3) is 0 Å². The van der Waals surface area contributed by atoms with Crippen LogP contribution in [-0.2, 0) is 13.0 Å². The van der Waals surface area contributed by atoms with Crippen LogP contribution in [0.25, 0.3) is 10.2 Å². The zero-order valence-corrected chi connectivity index (χ0v) is 16.7. The summed E-state index contributed by atoms with van der Waals surface area (Å²) in [6.07, 6.45) is 1.02. The molecule has 136 valence electrons. The smallest absolute Gasteiger partial charge is 0.186 e. The van der Waals surface area contributed by atoms with Crippen LogP contribution in [0, 0.1) is 0 Å². The molecule has 4 heterocycles. The Labute approximate surface area is 161 Å². The molecule has 3 aromatic rings. The number of rotatable bonds is 3. The lowest BCUT2D eigenvalue weighted by atomic mass is 10.2. The van der Waals surface area contributed by atoms with E-state index in [0.29, 0.717) is 0 Å². The highest BCUT2D eigenvalue weighted by Gasteiger charge is 2.26. The van der Waals surface area contributed by atoms with E-state index in [1.165, 1.54) is 20.4 Å². The standard InChI is InChI=1S/C19H23N5S2/c1-2-22-9-11-23(12-10-22)18-21-15-7-8-24(13-17(15)26-18)19-20-14-5-3-4-6-16(14)25-19/h3-6H,2,7-13H2,1H3. The molecule has 0 N–H and O–H groups in total. The van der Waals surface area contributed by atoms with Crippen LogP contribution in [0.2, 0.25) is 0 Å².